The van der Waals surface area contributed by atoms with Crippen LogP contribution in [0, 0.1) is 0 Å². The molecule has 3 aromatic rings. The Morgan fingerprint density at radius 3 is 2.05 bits per heavy atom. The van der Waals surface area contributed by atoms with Gasteiger partial charge in [0.2, 0.25) is 0 Å². The van der Waals surface area contributed by atoms with Gasteiger partial charge in [-0.3, -0.25) is 0 Å². The summed E-state index contributed by atoms with van der Waals surface area (Å²) in [6.45, 7) is 0.788. The summed E-state index contributed by atoms with van der Waals surface area (Å²) in [4.78, 5) is 6.43. The molecule has 0 amide bonds. The van der Waals surface area contributed by atoms with E-state index in [4.69, 9.17) is 5.73 Å². The molecule has 21 heavy (non-hydrogen) atoms. The maximum Gasteiger partial charge on any atom is 0.123 e. The van der Waals surface area contributed by atoms with Gasteiger partial charge in [0.15, 0.2) is 0 Å². The van der Waals surface area contributed by atoms with E-state index in [0.717, 1.165) is 17.9 Å². The highest BCUT2D eigenvalue weighted by atomic mass is 15.1. The molecule has 2 N–H and O–H groups in total. The lowest BCUT2D eigenvalue weighted by molar-refractivity contribution is 0.970. The van der Waals surface area contributed by atoms with Gasteiger partial charge in [0.05, 0.1) is 11.9 Å². The first-order valence-electron chi connectivity index (χ1n) is 6.91. The van der Waals surface area contributed by atoms with E-state index in [1.165, 1.54) is 5.56 Å². The molecule has 0 saturated carbocycles. The van der Waals surface area contributed by atoms with Crippen molar-refractivity contribution < 1.29 is 0 Å². The molecule has 0 spiro atoms. The molecule has 104 valence electrons. The minimum atomic E-state index is 0.534. The summed E-state index contributed by atoms with van der Waals surface area (Å²) in [5.41, 5.74) is 9.10. The molecule has 3 nitrogen and oxygen atoms in total. The molecule has 0 aliphatic rings. The number of anilines is 3. The Hall–Kier alpha value is -2.81. The predicted octanol–water partition coefficient (Wildman–Crippen LogP) is 4.00. The smallest absolute Gasteiger partial charge is 0.123 e. The number of para-hydroxylation sites is 1. The predicted molar refractivity (Wildman–Crippen MR) is 87.4 cm³/mol. The van der Waals surface area contributed by atoms with E-state index in [-0.39, 0.29) is 0 Å². The zero-order valence-corrected chi connectivity index (χ0v) is 11.7. The van der Waals surface area contributed by atoms with Crippen molar-refractivity contribution >= 4 is 17.2 Å². The van der Waals surface area contributed by atoms with Crippen molar-refractivity contribution in [3.05, 3.63) is 84.6 Å². The van der Waals surface area contributed by atoms with E-state index in [2.05, 4.69) is 46.3 Å². The van der Waals surface area contributed by atoms with Gasteiger partial charge >= 0.3 is 0 Å². The third-order valence-corrected chi connectivity index (χ3v) is 3.33. The van der Waals surface area contributed by atoms with Crippen molar-refractivity contribution in [3.8, 4) is 0 Å². The average molecular weight is 275 g/mol. The molecule has 0 aliphatic carbocycles. The second-order valence-electron chi connectivity index (χ2n) is 4.85. The van der Waals surface area contributed by atoms with Crippen LogP contribution in [-0.2, 0) is 6.54 Å². The zero-order chi connectivity index (χ0) is 14.5. The SMILES string of the molecule is Nc1ccc(N(Cc2ccccc2)c2ccccc2)cn1. The summed E-state index contributed by atoms with van der Waals surface area (Å²) < 4.78 is 0. The highest BCUT2D eigenvalue weighted by molar-refractivity contribution is 5.63. The number of pyridine rings is 1. The minimum Gasteiger partial charge on any atom is -0.384 e. The average Bonchev–Trinajstić information content (AvgIpc) is 2.55. The van der Waals surface area contributed by atoms with Gasteiger partial charge in [-0.05, 0) is 29.8 Å². The molecule has 0 fully saturated rings. The van der Waals surface area contributed by atoms with E-state index in [9.17, 15) is 0 Å². The van der Waals surface area contributed by atoms with E-state index in [0.29, 0.717) is 5.82 Å². The molecule has 0 radical (unpaired) electrons. The molecule has 3 rings (SSSR count). The Labute approximate surface area is 124 Å². The quantitative estimate of drug-likeness (QED) is 0.782. The van der Waals surface area contributed by atoms with E-state index in [1.807, 2.05) is 42.6 Å². The third-order valence-electron chi connectivity index (χ3n) is 3.33. The summed E-state index contributed by atoms with van der Waals surface area (Å²) in [5, 5.41) is 0. The van der Waals surface area contributed by atoms with Crippen LogP contribution in [0.3, 0.4) is 0 Å². The van der Waals surface area contributed by atoms with Crippen LogP contribution in [0.15, 0.2) is 79.0 Å². The van der Waals surface area contributed by atoms with Gasteiger partial charge in [0, 0.05) is 12.2 Å². The first-order chi connectivity index (χ1) is 10.3. The van der Waals surface area contributed by atoms with Crippen LogP contribution in [0.1, 0.15) is 5.56 Å². The number of benzene rings is 2. The van der Waals surface area contributed by atoms with Gasteiger partial charge in [0.1, 0.15) is 5.82 Å². The summed E-state index contributed by atoms with van der Waals surface area (Å²) in [7, 11) is 0. The van der Waals surface area contributed by atoms with Crippen LogP contribution >= 0.6 is 0 Å². The Morgan fingerprint density at radius 1 is 0.762 bits per heavy atom. The molecule has 0 saturated heterocycles. The molecule has 3 heteroatoms. The van der Waals surface area contributed by atoms with Gasteiger partial charge < -0.3 is 10.6 Å². The first-order valence-corrected chi connectivity index (χ1v) is 6.91. The fourth-order valence-electron chi connectivity index (χ4n) is 2.26. The highest BCUT2D eigenvalue weighted by Crippen LogP contribution is 2.27. The molecular formula is C18H17N3. The number of nitrogens with zero attached hydrogens (tertiary/aromatic N) is 2. The Kier molecular flexibility index (Phi) is 3.83. The van der Waals surface area contributed by atoms with Crippen LogP contribution in [0.2, 0.25) is 0 Å². The summed E-state index contributed by atoms with van der Waals surface area (Å²) in [5.74, 6) is 0.534. The molecule has 2 aromatic carbocycles. The van der Waals surface area contributed by atoms with Crippen LogP contribution in [0.25, 0.3) is 0 Å². The number of hydrogen-bond acceptors (Lipinski definition) is 3. The lowest BCUT2D eigenvalue weighted by Gasteiger charge is -2.25. The van der Waals surface area contributed by atoms with Gasteiger partial charge in [-0.2, -0.15) is 0 Å². The lowest BCUT2D eigenvalue weighted by Crippen LogP contribution is -2.16. The maximum absolute atomic E-state index is 5.69. The number of hydrogen-bond donors (Lipinski definition) is 1. The minimum absolute atomic E-state index is 0.534. The van der Waals surface area contributed by atoms with Crippen LogP contribution in [-0.4, -0.2) is 4.98 Å². The van der Waals surface area contributed by atoms with Crippen molar-refractivity contribution in [3.63, 3.8) is 0 Å². The van der Waals surface area contributed by atoms with E-state index >= 15 is 0 Å². The lowest BCUT2D eigenvalue weighted by atomic mass is 10.2. The number of aromatic nitrogens is 1. The zero-order valence-electron chi connectivity index (χ0n) is 11.7. The van der Waals surface area contributed by atoms with Crippen LogP contribution in [0.4, 0.5) is 17.2 Å². The van der Waals surface area contributed by atoms with Gasteiger partial charge in [-0.1, -0.05) is 48.5 Å². The summed E-state index contributed by atoms with van der Waals surface area (Å²) in [6, 6.07) is 24.5. The molecule has 0 bridgehead atoms. The summed E-state index contributed by atoms with van der Waals surface area (Å²) in [6.07, 6.45) is 1.81. The molecule has 1 heterocycles. The normalized spacial score (nSPS) is 10.3. The number of nitrogen functional groups attached to an aromatic ring is 1. The van der Waals surface area contributed by atoms with Crippen molar-refractivity contribution in [1.82, 2.24) is 4.98 Å². The standard InChI is InChI=1S/C18H17N3/c19-18-12-11-17(13-20-18)21(16-9-5-2-6-10-16)14-15-7-3-1-4-8-15/h1-13H,14H2,(H2,19,20). The fourth-order valence-corrected chi connectivity index (χ4v) is 2.26. The monoisotopic (exact) mass is 275 g/mol. The molecule has 1 aromatic heterocycles. The Balaban J connectivity index is 1.97. The summed E-state index contributed by atoms with van der Waals surface area (Å²) >= 11 is 0. The Morgan fingerprint density at radius 2 is 1.43 bits per heavy atom. The van der Waals surface area contributed by atoms with E-state index in [1.54, 1.807) is 0 Å². The molecule has 0 aliphatic heterocycles. The van der Waals surface area contributed by atoms with Gasteiger partial charge in [0.25, 0.3) is 0 Å². The highest BCUT2D eigenvalue weighted by Gasteiger charge is 2.10. The fraction of sp³-hybridized carbons (Fsp3) is 0.0556. The van der Waals surface area contributed by atoms with Crippen LogP contribution < -0.4 is 10.6 Å². The molecular weight excluding hydrogens is 258 g/mol. The number of rotatable bonds is 4. The maximum atomic E-state index is 5.69. The second-order valence-corrected chi connectivity index (χ2v) is 4.85. The topological polar surface area (TPSA) is 42.1 Å². The van der Waals surface area contributed by atoms with Crippen molar-refractivity contribution in [2.24, 2.45) is 0 Å². The van der Waals surface area contributed by atoms with Crippen LogP contribution in [0.5, 0.6) is 0 Å². The van der Waals surface area contributed by atoms with Crippen molar-refractivity contribution in [2.75, 3.05) is 10.6 Å². The van der Waals surface area contributed by atoms with Gasteiger partial charge in [-0.15, -0.1) is 0 Å². The Bertz CT molecular complexity index is 679. The largest absolute Gasteiger partial charge is 0.384 e. The molecule has 0 unspecified atom stereocenters. The third kappa shape index (κ3) is 3.20. The second kappa shape index (κ2) is 6.09. The van der Waals surface area contributed by atoms with E-state index < -0.39 is 0 Å². The van der Waals surface area contributed by atoms with Crippen molar-refractivity contribution in [2.45, 2.75) is 6.54 Å². The first kappa shape index (κ1) is 13.2. The molecule has 0 atom stereocenters. The van der Waals surface area contributed by atoms with Crippen molar-refractivity contribution in [1.29, 1.82) is 0 Å². The van der Waals surface area contributed by atoms with Gasteiger partial charge in [-0.25, -0.2) is 4.98 Å². The number of nitrogens with two attached hydrogens (primary N) is 1.